The number of fused-ring (bicyclic) bond motifs is 1. The number of ether oxygens (including phenoxy) is 2. The van der Waals surface area contributed by atoms with Gasteiger partial charge in [-0.3, -0.25) is 19.3 Å². The molecule has 0 aliphatic carbocycles. The summed E-state index contributed by atoms with van der Waals surface area (Å²) < 4.78 is 30.4. The van der Waals surface area contributed by atoms with Crippen molar-refractivity contribution in [3.63, 3.8) is 0 Å². The van der Waals surface area contributed by atoms with E-state index in [4.69, 9.17) is 13.9 Å². The molecule has 8 nitrogen and oxygen atoms in total. The maximum absolute atomic E-state index is 13.8. The number of amides is 2. The number of Topliss-reactive ketones (excluding diaryl/α,β-unsaturated/α-hetero) is 1. The first kappa shape index (κ1) is 25.7. The quantitative estimate of drug-likeness (QED) is 0.303. The fourth-order valence-electron chi connectivity index (χ4n) is 4.13. The Labute approximate surface area is 223 Å². The van der Waals surface area contributed by atoms with Gasteiger partial charge in [0.15, 0.2) is 36.3 Å². The van der Waals surface area contributed by atoms with Crippen LogP contribution < -0.4 is 19.7 Å². The molecule has 0 fully saturated rings. The van der Waals surface area contributed by atoms with E-state index < -0.39 is 11.6 Å². The zero-order chi connectivity index (χ0) is 27.2. The first-order valence-electron chi connectivity index (χ1n) is 12.4. The second-order valence-corrected chi connectivity index (χ2v) is 8.85. The first-order chi connectivity index (χ1) is 19.0. The molecule has 2 heterocycles. The molecule has 5 rings (SSSR count). The number of hydrogen-bond donors (Lipinski definition) is 1. The van der Waals surface area contributed by atoms with E-state index in [1.807, 2.05) is 30.3 Å². The van der Waals surface area contributed by atoms with Crippen molar-refractivity contribution < 1.29 is 32.7 Å². The lowest BCUT2D eigenvalue weighted by atomic mass is 10.1. The van der Waals surface area contributed by atoms with E-state index in [9.17, 15) is 18.8 Å². The smallest absolute Gasteiger partial charge is 0.287 e. The van der Waals surface area contributed by atoms with Crippen LogP contribution in [0.1, 0.15) is 32.2 Å². The fraction of sp³-hybridized carbons (Fsp3) is 0.167. The van der Waals surface area contributed by atoms with Crippen molar-refractivity contribution in [2.45, 2.75) is 13.0 Å². The zero-order valence-electron chi connectivity index (χ0n) is 20.9. The number of halogens is 1. The number of furan rings is 1. The van der Waals surface area contributed by atoms with Gasteiger partial charge in [-0.2, -0.15) is 0 Å². The second kappa shape index (κ2) is 11.6. The van der Waals surface area contributed by atoms with Gasteiger partial charge in [0.2, 0.25) is 0 Å². The van der Waals surface area contributed by atoms with Crippen molar-refractivity contribution in [1.29, 1.82) is 0 Å². The molecule has 198 valence electrons. The summed E-state index contributed by atoms with van der Waals surface area (Å²) in [6.07, 6.45) is 0.686. The van der Waals surface area contributed by atoms with Crippen LogP contribution in [0.5, 0.6) is 11.5 Å². The van der Waals surface area contributed by atoms with Crippen molar-refractivity contribution in [3.05, 3.63) is 113 Å². The SMILES string of the molecule is O=C(COc1ccccc1F)c1ccc2c(c1)N(Cc1ccc(C(=O)NCCc3ccccc3)o1)C(=O)CO2. The fourth-order valence-corrected chi connectivity index (χ4v) is 4.13. The summed E-state index contributed by atoms with van der Waals surface area (Å²) >= 11 is 0. The van der Waals surface area contributed by atoms with Crippen LogP contribution in [0.25, 0.3) is 0 Å². The minimum atomic E-state index is -0.566. The van der Waals surface area contributed by atoms with Crippen LogP contribution in [0.2, 0.25) is 0 Å². The van der Waals surface area contributed by atoms with Gasteiger partial charge < -0.3 is 19.2 Å². The van der Waals surface area contributed by atoms with Gasteiger partial charge in [-0.1, -0.05) is 42.5 Å². The summed E-state index contributed by atoms with van der Waals surface area (Å²) in [6.45, 7) is -0.0683. The van der Waals surface area contributed by atoms with Gasteiger partial charge in [-0.15, -0.1) is 0 Å². The molecule has 1 aromatic heterocycles. The Hall–Kier alpha value is -4.92. The van der Waals surface area contributed by atoms with E-state index in [2.05, 4.69) is 5.32 Å². The summed E-state index contributed by atoms with van der Waals surface area (Å²) in [5, 5.41) is 2.83. The highest BCUT2D eigenvalue weighted by Gasteiger charge is 2.28. The number of benzene rings is 3. The molecule has 4 aromatic rings. The molecule has 39 heavy (non-hydrogen) atoms. The van der Waals surface area contributed by atoms with E-state index >= 15 is 0 Å². The minimum Gasteiger partial charge on any atom is -0.482 e. The molecule has 1 N–H and O–H groups in total. The minimum absolute atomic E-state index is 0.0262. The maximum Gasteiger partial charge on any atom is 0.287 e. The normalized spacial score (nSPS) is 12.4. The van der Waals surface area contributed by atoms with Crippen molar-refractivity contribution in [2.75, 3.05) is 24.7 Å². The van der Waals surface area contributed by atoms with E-state index in [-0.39, 0.29) is 48.6 Å². The Bertz CT molecular complexity index is 1500. The lowest BCUT2D eigenvalue weighted by Crippen LogP contribution is -2.38. The molecule has 0 spiro atoms. The average Bonchev–Trinajstić information content (AvgIpc) is 3.43. The molecule has 0 unspecified atom stereocenters. The highest BCUT2D eigenvalue weighted by atomic mass is 19.1. The zero-order valence-corrected chi connectivity index (χ0v) is 20.9. The molecule has 0 radical (unpaired) electrons. The first-order valence-corrected chi connectivity index (χ1v) is 12.4. The van der Waals surface area contributed by atoms with Crippen LogP contribution >= 0.6 is 0 Å². The molecule has 0 bridgehead atoms. The van der Waals surface area contributed by atoms with Crippen molar-refractivity contribution in [3.8, 4) is 11.5 Å². The molecule has 3 aromatic carbocycles. The number of hydrogen-bond acceptors (Lipinski definition) is 6. The van der Waals surface area contributed by atoms with Crippen molar-refractivity contribution in [2.24, 2.45) is 0 Å². The van der Waals surface area contributed by atoms with Gasteiger partial charge in [0.25, 0.3) is 11.8 Å². The molecule has 0 saturated heterocycles. The average molecular weight is 529 g/mol. The van der Waals surface area contributed by atoms with Crippen LogP contribution in [0.4, 0.5) is 10.1 Å². The van der Waals surface area contributed by atoms with E-state index in [0.29, 0.717) is 30.2 Å². The number of ketones is 1. The van der Waals surface area contributed by atoms with Gasteiger partial charge in [-0.25, -0.2) is 4.39 Å². The Morgan fingerprint density at radius 2 is 1.77 bits per heavy atom. The van der Waals surface area contributed by atoms with Crippen molar-refractivity contribution >= 4 is 23.3 Å². The summed E-state index contributed by atoms with van der Waals surface area (Å²) in [4.78, 5) is 39.5. The number of anilines is 1. The van der Waals surface area contributed by atoms with Crippen LogP contribution in [-0.2, 0) is 17.8 Å². The van der Waals surface area contributed by atoms with Gasteiger partial charge in [-0.05, 0) is 54.4 Å². The number of carbonyl (C=O) groups is 3. The largest absolute Gasteiger partial charge is 0.482 e. The summed E-state index contributed by atoms with van der Waals surface area (Å²) in [7, 11) is 0. The topological polar surface area (TPSA) is 98.1 Å². The Balaban J connectivity index is 1.24. The van der Waals surface area contributed by atoms with Crippen molar-refractivity contribution in [1.82, 2.24) is 5.32 Å². The third-order valence-corrected chi connectivity index (χ3v) is 6.16. The summed E-state index contributed by atoms with van der Waals surface area (Å²) in [5.41, 5.74) is 1.76. The summed E-state index contributed by atoms with van der Waals surface area (Å²) in [5.74, 6) is -0.728. The number of nitrogens with zero attached hydrogens (tertiary/aromatic N) is 1. The molecule has 1 aliphatic heterocycles. The van der Waals surface area contributed by atoms with Crippen LogP contribution in [0.15, 0.2) is 89.3 Å². The number of carbonyl (C=O) groups excluding carboxylic acids is 3. The molecule has 0 atom stereocenters. The third kappa shape index (κ3) is 6.15. The van der Waals surface area contributed by atoms with E-state index in [0.717, 1.165) is 5.56 Å². The molecule has 1 aliphatic rings. The highest BCUT2D eigenvalue weighted by Crippen LogP contribution is 2.34. The van der Waals surface area contributed by atoms with E-state index in [1.54, 1.807) is 30.3 Å². The van der Waals surface area contributed by atoms with Crippen LogP contribution in [0.3, 0.4) is 0 Å². The molecule has 2 amide bonds. The Morgan fingerprint density at radius 1 is 0.974 bits per heavy atom. The van der Waals surface area contributed by atoms with Gasteiger partial charge in [0.05, 0.1) is 12.2 Å². The lowest BCUT2D eigenvalue weighted by molar-refractivity contribution is -0.121. The number of nitrogens with one attached hydrogen (secondary N) is 1. The predicted molar refractivity (Wildman–Crippen MR) is 141 cm³/mol. The Kier molecular flexibility index (Phi) is 7.68. The molecular formula is C30H25FN2O6. The highest BCUT2D eigenvalue weighted by molar-refractivity contribution is 6.02. The lowest BCUT2D eigenvalue weighted by Gasteiger charge is -2.29. The number of para-hydroxylation sites is 1. The molecule has 9 heteroatoms. The Morgan fingerprint density at radius 3 is 2.59 bits per heavy atom. The van der Waals surface area contributed by atoms with E-state index in [1.165, 1.54) is 29.2 Å². The monoisotopic (exact) mass is 528 g/mol. The predicted octanol–water partition coefficient (Wildman–Crippen LogP) is 4.58. The molecule has 0 saturated carbocycles. The van der Waals surface area contributed by atoms with Crippen LogP contribution in [0, 0.1) is 5.82 Å². The number of rotatable bonds is 10. The van der Waals surface area contributed by atoms with Gasteiger partial charge >= 0.3 is 0 Å². The van der Waals surface area contributed by atoms with Gasteiger partial charge in [0.1, 0.15) is 11.5 Å². The second-order valence-electron chi connectivity index (χ2n) is 8.85. The summed E-state index contributed by atoms with van der Waals surface area (Å²) in [6, 6.07) is 23.5. The third-order valence-electron chi connectivity index (χ3n) is 6.16. The standard InChI is InChI=1S/C30H25FN2O6/c31-23-8-4-5-9-26(23)37-18-25(34)21-10-12-27-24(16-21)33(29(35)19-38-27)17-22-11-13-28(39-22)30(36)32-15-14-20-6-2-1-3-7-20/h1-13,16H,14-15,17-19H2,(H,32,36). The van der Waals surface area contributed by atoms with Crippen LogP contribution in [-0.4, -0.2) is 37.4 Å². The molecular weight excluding hydrogens is 503 g/mol. The van der Waals surface area contributed by atoms with Gasteiger partial charge in [0, 0.05) is 12.1 Å². The maximum atomic E-state index is 13.8.